The number of hydrogen-bond acceptors (Lipinski definition) is 2. The topological polar surface area (TPSA) is 50.0 Å². The minimum atomic E-state index is 0. The molecule has 86 valence electrons. The van der Waals surface area contributed by atoms with E-state index in [4.69, 9.17) is 9.47 Å². The summed E-state index contributed by atoms with van der Waals surface area (Å²) in [5.41, 5.74) is 0. The van der Waals surface area contributed by atoms with E-state index in [0.29, 0.717) is 13.2 Å². The van der Waals surface area contributed by atoms with Crippen molar-refractivity contribution in [2.75, 3.05) is 13.2 Å². The highest BCUT2D eigenvalue weighted by Crippen LogP contribution is 2.06. The predicted octanol–water partition coefficient (Wildman–Crippen LogP) is 1.65. The van der Waals surface area contributed by atoms with Crippen LogP contribution in [0, 0.1) is 0 Å². The van der Waals surface area contributed by atoms with Gasteiger partial charge in [-0.3, -0.25) is 0 Å². The Labute approximate surface area is 91.4 Å². The fraction of sp³-hybridized carbons (Fsp3) is 0.500. The maximum Gasteiger partial charge on any atom is 0.0794 e. The van der Waals surface area contributed by atoms with E-state index >= 15 is 0 Å². The maximum atomic E-state index is 5.58. The first-order valence-corrected chi connectivity index (χ1v) is 5.02. The molecule has 3 nitrogen and oxygen atoms in total. The van der Waals surface area contributed by atoms with E-state index in [9.17, 15) is 0 Å². The second-order valence-electron chi connectivity index (χ2n) is 3.27. The van der Waals surface area contributed by atoms with Crippen LogP contribution in [0.25, 0.3) is 0 Å². The molecule has 0 spiro atoms. The molecule has 0 aromatic heterocycles. The molecule has 2 N–H and O–H groups in total. The minimum Gasteiger partial charge on any atom is -0.412 e. The zero-order valence-corrected chi connectivity index (χ0v) is 9.19. The molecule has 0 heterocycles. The molecule has 3 heteroatoms. The van der Waals surface area contributed by atoms with Gasteiger partial charge in [-0.25, -0.2) is 0 Å². The summed E-state index contributed by atoms with van der Waals surface area (Å²) >= 11 is 0. The van der Waals surface area contributed by atoms with Crippen molar-refractivity contribution < 1.29 is 14.9 Å². The standard InChI is InChI=1S/C12H18O2.H2O/c1-3-11(2)13-9-10-14-12-7-5-4-6-8-12;/h3-7,11-12H,1,8-10H2,2H3;1H2/t11-,12-;/m0./s1. The first-order chi connectivity index (χ1) is 6.83. The van der Waals surface area contributed by atoms with E-state index in [2.05, 4.69) is 18.7 Å². The van der Waals surface area contributed by atoms with Crippen LogP contribution in [0.1, 0.15) is 13.3 Å². The quantitative estimate of drug-likeness (QED) is 0.496. The van der Waals surface area contributed by atoms with Crippen LogP contribution < -0.4 is 0 Å². The van der Waals surface area contributed by atoms with Crippen molar-refractivity contribution in [3.63, 3.8) is 0 Å². The summed E-state index contributed by atoms with van der Waals surface area (Å²) < 4.78 is 11.0. The van der Waals surface area contributed by atoms with Gasteiger partial charge in [0.25, 0.3) is 0 Å². The maximum absolute atomic E-state index is 5.58. The van der Waals surface area contributed by atoms with Gasteiger partial charge in [0, 0.05) is 0 Å². The molecule has 0 unspecified atom stereocenters. The van der Waals surface area contributed by atoms with Crippen molar-refractivity contribution in [3.8, 4) is 0 Å². The summed E-state index contributed by atoms with van der Waals surface area (Å²) in [6, 6.07) is 0. The molecule has 0 saturated heterocycles. The molecule has 0 fully saturated rings. The van der Waals surface area contributed by atoms with Crippen LogP contribution in [-0.2, 0) is 9.47 Å². The Morgan fingerprint density at radius 2 is 2.27 bits per heavy atom. The third-order valence-electron chi connectivity index (χ3n) is 2.07. The van der Waals surface area contributed by atoms with E-state index in [1.54, 1.807) is 6.08 Å². The summed E-state index contributed by atoms with van der Waals surface area (Å²) in [7, 11) is 0. The fourth-order valence-electron chi connectivity index (χ4n) is 1.18. The molecule has 0 radical (unpaired) electrons. The highest BCUT2D eigenvalue weighted by atomic mass is 16.5. The second kappa shape index (κ2) is 8.41. The lowest BCUT2D eigenvalue weighted by molar-refractivity contribution is 0.0102. The average molecular weight is 212 g/mol. The van der Waals surface area contributed by atoms with E-state index in [1.807, 2.05) is 19.1 Å². The third-order valence-corrected chi connectivity index (χ3v) is 2.07. The van der Waals surface area contributed by atoms with Crippen LogP contribution in [0.2, 0.25) is 0 Å². The molecule has 1 aliphatic carbocycles. The number of allylic oxidation sites excluding steroid dienone is 2. The molecular formula is C12H20O3. The number of rotatable bonds is 6. The molecule has 0 aliphatic heterocycles. The van der Waals surface area contributed by atoms with Crippen LogP contribution in [0.15, 0.2) is 37.0 Å². The van der Waals surface area contributed by atoms with Crippen LogP contribution in [-0.4, -0.2) is 30.9 Å². The number of hydrogen-bond donors (Lipinski definition) is 0. The van der Waals surface area contributed by atoms with Gasteiger partial charge < -0.3 is 14.9 Å². The smallest absolute Gasteiger partial charge is 0.0794 e. The van der Waals surface area contributed by atoms with Gasteiger partial charge in [0.15, 0.2) is 0 Å². The monoisotopic (exact) mass is 212 g/mol. The molecule has 0 amide bonds. The first-order valence-electron chi connectivity index (χ1n) is 5.02. The van der Waals surface area contributed by atoms with Gasteiger partial charge in [-0.2, -0.15) is 0 Å². The Morgan fingerprint density at radius 3 is 2.87 bits per heavy atom. The molecule has 15 heavy (non-hydrogen) atoms. The Morgan fingerprint density at radius 1 is 1.47 bits per heavy atom. The van der Waals surface area contributed by atoms with Gasteiger partial charge in [0.2, 0.25) is 0 Å². The van der Waals surface area contributed by atoms with E-state index in [1.165, 1.54) is 0 Å². The molecule has 0 aromatic rings. The average Bonchev–Trinajstić information content (AvgIpc) is 2.25. The second-order valence-corrected chi connectivity index (χ2v) is 3.27. The van der Waals surface area contributed by atoms with Gasteiger partial charge in [-0.15, -0.1) is 6.58 Å². The molecule has 0 saturated carbocycles. The summed E-state index contributed by atoms with van der Waals surface area (Å²) in [5.74, 6) is 0. The molecule has 0 bridgehead atoms. The van der Waals surface area contributed by atoms with Gasteiger partial charge in [0.1, 0.15) is 0 Å². The minimum absolute atomic E-state index is 0. The van der Waals surface area contributed by atoms with Gasteiger partial charge in [-0.05, 0) is 13.3 Å². The van der Waals surface area contributed by atoms with Gasteiger partial charge in [-0.1, -0.05) is 30.4 Å². The Balaban J connectivity index is 0.00000196. The van der Waals surface area contributed by atoms with Crippen LogP contribution >= 0.6 is 0 Å². The SMILES string of the molecule is C=C[C@H](C)OCCO[C@H]1C=CC=CC1.O. The number of ether oxygens (including phenoxy) is 2. The Bertz CT molecular complexity index is 221. The predicted molar refractivity (Wildman–Crippen MR) is 61.9 cm³/mol. The normalized spacial score (nSPS) is 20.7. The van der Waals surface area contributed by atoms with Crippen LogP contribution in [0.4, 0.5) is 0 Å². The lowest BCUT2D eigenvalue weighted by Crippen LogP contribution is -2.16. The van der Waals surface area contributed by atoms with Crippen molar-refractivity contribution in [2.24, 2.45) is 0 Å². The van der Waals surface area contributed by atoms with Gasteiger partial charge >= 0.3 is 0 Å². The van der Waals surface area contributed by atoms with Gasteiger partial charge in [0.05, 0.1) is 25.4 Å². The zero-order valence-electron chi connectivity index (χ0n) is 9.19. The van der Waals surface area contributed by atoms with Crippen LogP contribution in [0.3, 0.4) is 0 Å². The third kappa shape index (κ3) is 6.23. The van der Waals surface area contributed by atoms with E-state index < -0.39 is 0 Å². The zero-order chi connectivity index (χ0) is 10.2. The molecule has 1 rings (SSSR count). The highest BCUT2D eigenvalue weighted by molar-refractivity contribution is 5.11. The first kappa shape index (κ1) is 14.1. The summed E-state index contributed by atoms with van der Waals surface area (Å²) in [6.07, 6.45) is 11.3. The lowest BCUT2D eigenvalue weighted by Gasteiger charge is -2.15. The van der Waals surface area contributed by atoms with E-state index in [-0.39, 0.29) is 17.7 Å². The summed E-state index contributed by atoms with van der Waals surface area (Å²) in [6.45, 7) is 6.88. The molecule has 2 atom stereocenters. The van der Waals surface area contributed by atoms with Crippen molar-refractivity contribution in [1.82, 2.24) is 0 Å². The van der Waals surface area contributed by atoms with Crippen molar-refractivity contribution in [3.05, 3.63) is 37.0 Å². The molecular weight excluding hydrogens is 192 g/mol. The Kier molecular flexibility index (Phi) is 7.91. The molecule has 0 aromatic carbocycles. The highest BCUT2D eigenvalue weighted by Gasteiger charge is 2.04. The fourth-order valence-corrected chi connectivity index (χ4v) is 1.18. The summed E-state index contributed by atoms with van der Waals surface area (Å²) in [5, 5.41) is 0. The summed E-state index contributed by atoms with van der Waals surface area (Å²) in [4.78, 5) is 0. The lowest BCUT2D eigenvalue weighted by atomic mass is 10.1. The van der Waals surface area contributed by atoms with E-state index in [0.717, 1.165) is 6.42 Å². The van der Waals surface area contributed by atoms with Crippen LogP contribution in [0.5, 0.6) is 0 Å². The Hall–Kier alpha value is -0.900. The largest absolute Gasteiger partial charge is 0.412 e. The van der Waals surface area contributed by atoms with Crippen molar-refractivity contribution in [2.45, 2.75) is 25.6 Å². The van der Waals surface area contributed by atoms with Crippen molar-refractivity contribution >= 4 is 0 Å². The van der Waals surface area contributed by atoms with Crippen molar-refractivity contribution in [1.29, 1.82) is 0 Å². The molecule has 1 aliphatic rings.